The molecule has 52 valence electrons. The number of aliphatic hydroxyl groups excluding tert-OH is 1. The molecular weight excluding hydrogens is 112 g/mol. The van der Waals surface area contributed by atoms with Gasteiger partial charge in [-0.1, -0.05) is 13.5 Å². The molecule has 1 nitrogen and oxygen atoms in total. The van der Waals surface area contributed by atoms with Gasteiger partial charge in [-0.3, -0.25) is 0 Å². The van der Waals surface area contributed by atoms with Crippen LogP contribution in [-0.4, -0.2) is 11.2 Å². The van der Waals surface area contributed by atoms with Crippen LogP contribution in [0, 0.1) is 5.92 Å². The van der Waals surface area contributed by atoms with E-state index in [1.54, 1.807) is 6.92 Å². The molecule has 1 N–H and O–H groups in total. The summed E-state index contributed by atoms with van der Waals surface area (Å²) in [7, 11) is 0. The van der Waals surface area contributed by atoms with E-state index in [-0.39, 0.29) is 12.0 Å². The van der Waals surface area contributed by atoms with E-state index in [4.69, 9.17) is 5.11 Å². The summed E-state index contributed by atoms with van der Waals surface area (Å²) in [5, 5.41) is 9.04. The van der Waals surface area contributed by atoms with Crippen LogP contribution in [0.15, 0.2) is 18.4 Å². The zero-order chi connectivity index (χ0) is 7.28. The second kappa shape index (κ2) is 4.37. The molecule has 0 aliphatic carbocycles. The Bertz CT molecular complexity index is 110. The first-order valence-corrected chi connectivity index (χ1v) is 3.26. The number of hydrogen-bond donors (Lipinski definition) is 1. The van der Waals surface area contributed by atoms with Crippen molar-refractivity contribution in [3.8, 4) is 0 Å². The van der Waals surface area contributed by atoms with Gasteiger partial charge in [0.1, 0.15) is 0 Å². The highest BCUT2D eigenvalue weighted by Crippen LogP contribution is 2.08. The molecule has 0 amide bonds. The fourth-order valence-electron chi connectivity index (χ4n) is 0.750. The third-order valence-electron chi connectivity index (χ3n) is 1.42. The molecule has 0 aliphatic rings. The first-order valence-electron chi connectivity index (χ1n) is 3.26. The van der Waals surface area contributed by atoms with E-state index in [0.717, 1.165) is 6.42 Å². The fourth-order valence-corrected chi connectivity index (χ4v) is 0.750. The highest BCUT2D eigenvalue weighted by atomic mass is 16.3. The smallest absolute Gasteiger partial charge is 0.0580 e. The molecule has 0 aromatic carbocycles. The molecule has 0 fully saturated rings. The van der Waals surface area contributed by atoms with Gasteiger partial charge in [-0.25, -0.2) is 0 Å². The lowest BCUT2D eigenvalue weighted by molar-refractivity contribution is 0.147. The van der Waals surface area contributed by atoms with Crippen molar-refractivity contribution in [2.75, 3.05) is 0 Å². The van der Waals surface area contributed by atoms with Crippen molar-refractivity contribution in [2.45, 2.75) is 26.4 Å². The van der Waals surface area contributed by atoms with E-state index in [1.165, 1.54) is 0 Å². The highest BCUT2D eigenvalue weighted by Gasteiger charge is 2.06. The Kier molecular flexibility index (Phi) is 4.12. The maximum absolute atomic E-state index is 9.04. The van der Waals surface area contributed by atoms with Crippen molar-refractivity contribution >= 4 is 0 Å². The van der Waals surface area contributed by atoms with Crippen LogP contribution in [0.5, 0.6) is 0 Å². The molecule has 9 heavy (non-hydrogen) atoms. The van der Waals surface area contributed by atoms with Gasteiger partial charge in [0, 0.05) is 5.92 Å². The van der Waals surface area contributed by atoms with E-state index in [2.05, 4.69) is 12.3 Å². The predicted octanol–water partition coefficient (Wildman–Crippen LogP) is 1.73. The second-order valence-electron chi connectivity index (χ2n) is 2.18. The largest absolute Gasteiger partial charge is 0.393 e. The van der Waals surface area contributed by atoms with Crippen LogP contribution in [0.2, 0.25) is 0 Å². The lowest BCUT2D eigenvalue weighted by Crippen LogP contribution is -2.12. The minimum Gasteiger partial charge on any atom is -0.393 e. The van der Waals surface area contributed by atoms with E-state index in [1.807, 2.05) is 13.0 Å². The standard InChI is InChI=1S/C8H14O/c1-4-6-8(5-2)7(3)9/h6-9H,1,5H2,2-3H3. The third-order valence-corrected chi connectivity index (χ3v) is 1.42. The van der Waals surface area contributed by atoms with Gasteiger partial charge in [-0.2, -0.15) is 0 Å². The zero-order valence-electron chi connectivity index (χ0n) is 6.09. The van der Waals surface area contributed by atoms with Crippen molar-refractivity contribution in [1.82, 2.24) is 0 Å². The maximum Gasteiger partial charge on any atom is 0.0580 e. The van der Waals surface area contributed by atoms with Gasteiger partial charge in [0.25, 0.3) is 0 Å². The number of rotatable bonds is 3. The summed E-state index contributed by atoms with van der Waals surface area (Å²) >= 11 is 0. The van der Waals surface area contributed by atoms with Gasteiger partial charge in [0.15, 0.2) is 0 Å². The molecule has 0 aromatic rings. The average molecular weight is 126 g/mol. The lowest BCUT2D eigenvalue weighted by atomic mass is 10.0. The van der Waals surface area contributed by atoms with E-state index < -0.39 is 0 Å². The van der Waals surface area contributed by atoms with E-state index in [9.17, 15) is 0 Å². The zero-order valence-corrected chi connectivity index (χ0v) is 6.09. The molecule has 0 aliphatic heterocycles. The van der Waals surface area contributed by atoms with Crippen LogP contribution in [0.4, 0.5) is 0 Å². The Hall–Kier alpha value is -0.520. The second-order valence-corrected chi connectivity index (χ2v) is 2.18. The van der Waals surface area contributed by atoms with Gasteiger partial charge < -0.3 is 5.11 Å². The molecule has 0 heterocycles. The Morgan fingerprint density at radius 3 is 2.44 bits per heavy atom. The van der Waals surface area contributed by atoms with Crippen LogP contribution in [0.25, 0.3) is 0 Å². The SMILES string of the molecule is C=C=CC(CC)C(C)O. The van der Waals surface area contributed by atoms with Gasteiger partial charge in [-0.15, -0.1) is 5.73 Å². The van der Waals surface area contributed by atoms with Crippen molar-refractivity contribution in [2.24, 2.45) is 5.92 Å². The first kappa shape index (κ1) is 8.48. The molecule has 1 heteroatoms. The quantitative estimate of drug-likeness (QED) is 0.571. The van der Waals surface area contributed by atoms with E-state index >= 15 is 0 Å². The van der Waals surface area contributed by atoms with Crippen molar-refractivity contribution < 1.29 is 5.11 Å². The monoisotopic (exact) mass is 126 g/mol. The average Bonchev–Trinajstić information content (AvgIpc) is 1.82. The van der Waals surface area contributed by atoms with Crippen LogP contribution >= 0.6 is 0 Å². The first-order chi connectivity index (χ1) is 4.22. The summed E-state index contributed by atoms with van der Waals surface area (Å²) in [6, 6.07) is 0. The van der Waals surface area contributed by atoms with Crippen LogP contribution < -0.4 is 0 Å². The molecule has 0 spiro atoms. The normalized spacial score (nSPS) is 15.9. The number of hydrogen-bond acceptors (Lipinski definition) is 1. The minimum absolute atomic E-state index is 0.225. The molecule has 0 aromatic heterocycles. The molecule has 0 rings (SSSR count). The highest BCUT2D eigenvalue weighted by molar-refractivity contribution is 4.86. The third kappa shape index (κ3) is 3.12. The molecule has 2 unspecified atom stereocenters. The van der Waals surface area contributed by atoms with Gasteiger partial charge in [0.2, 0.25) is 0 Å². The minimum atomic E-state index is -0.274. The van der Waals surface area contributed by atoms with Crippen LogP contribution in [-0.2, 0) is 0 Å². The van der Waals surface area contributed by atoms with Crippen LogP contribution in [0.3, 0.4) is 0 Å². The predicted molar refractivity (Wildman–Crippen MR) is 39.2 cm³/mol. The molecule has 0 bridgehead atoms. The Morgan fingerprint density at radius 2 is 2.33 bits per heavy atom. The summed E-state index contributed by atoms with van der Waals surface area (Å²) < 4.78 is 0. The fraction of sp³-hybridized carbons (Fsp3) is 0.625. The van der Waals surface area contributed by atoms with Crippen molar-refractivity contribution in [1.29, 1.82) is 0 Å². The van der Waals surface area contributed by atoms with Crippen LogP contribution in [0.1, 0.15) is 20.3 Å². The molecule has 0 radical (unpaired) electrons. The summed E-state index contributed by atoms with van der Waals surface area (Å²) in [5.41, 5.74) is 2.67. The molecule has 0 saturated heterocycles. The summed E-state index contributed by atoms with van der Waals surface area (Å²) in [6.07, 6.45) is 2.48. The topological polar surface area (TPSA) is 20.2 Å². The lowest BCUT2D eigenvalue weighted by Gasteiger charge is -2.10. The summed E-state index contributed by atoms with van der Waals surface area (Å²) in [5.74, 6) is 0.225. The van der Waals surface area contributed by atoms with E-state index in [0.29, 0.717) is 0 Å². The van der Waals surface area contributed by atoms with Crippen molar-refractivity contribution in [3.05, 3.63) is 18.4 Å². The Labute approximate surface area is 56.7 Å². The number of aliphatic hydroxyl groups is 1. The van der Waals surface area contributed by atoms with Gasteiger partial charge in [0.05, 0.1) is 6.10 Å². The maximum atomic E-state index is 9.04. The Balaban J connectivity index is 3.82. The summed E-state index contributed by atoms with van der Waals surface area (Å²) in [4.78, 5) is 0. The summed E-state index contributed by atoms with van der Waals surface area (Å²) in [6.45, 7) is 7.25. The van der Waals surface area contributed by atoms with Gasteiger partial charge in [-0.05, 0) is 19.4 Å². The van der Waals surface area contributed by atoms with Gasteiger partial charge >= 0.3 is 0 Å². The Morgan fingerprint density at radius 1 is 1.78 bits per heavy atom. The molecule has 2 atom stereocenters. The van der Waals surface area contributed by atoms with Crippen molar-refractivity contribution in [3.63, 3.8) is 0 Å². The molecule has 0 saturated carbocycles. The molecular formula is C8H14O.